The fourth-order valence-corrected chi connectivity index (χ4v) is 3.70. The number of hydrogen-bond donors (Lipinski definition) is 1. The van der Waals surface area contributed by atoms with Crippen LogP contribution in [0.4, 0.5) is 0 Å². The number of carbonyl (C=O) groups excluding carboxylic acids is 1. The van der Waals surface area contributed by atoms with Crippen molar-refractivity contribution in [2.45, 2.75) is 31.7 Å². The lowest BCUT2D eigenvalue weighted by Crippen LogP contribution is -2.24. The third-order valence-corrected chi connectivity index (χ3v) is 5.47. The first-order valence-electron chi connectivity index (χ1n) is 8.57. The number of aryl methyl sites for hydroxylation is 2. The second-order valence-electron chi connectivity index (χ2n) is 6.27. The molecule has 1 heterocycles. The fraction of sp³-hybridized carbons (Fsp3) is 0.350. The van der Waals surface area contributed by atoms with Gasteiger partial charge in [0.2, 0.25) is 5.91 Å². The summed E-state index contributed by atoms with van der Waals surface area (Å²) in [5.41, 5.74) is 3.38. The molecule has 2 aromatic carbocycles. The topological polar surface area (TPSA) is 47.6 Å². The van der Waals surface area contributed by atoms with Crippen LogP contribution >= 0.6 is 23.4 Å². The Balaban J connectivity index is 1.55. The first-order valence-corrected chi connectivity index (χ1v) is 9.94. The largest absolute Gasteiger partial charge is 0.489 e. The van der Waals surface area contributed by atoms with Crippen molar-refractivity contribution in [2.75, 3.05) is 19.0 Å². The highest BCUT2D eigenvalue weighted by atomic mass is 35.5. The summed E-state index contributed by atoms with van der Waals surface area (Å²) in [7, 11) is 0. The number of carbonyl (C=O) groups is 1. The quantitative estimate of drug-likeness (QED) is 0.761. The number of hydrogen-bond acceptors (Lipinski definition) is 4. The number of ether oxygens (including phenoxy) is 2. The van der Waals surface area contributed by atoms with E-state index in [-0.39, 0.29) is 5.91 Å². The van der Waals surface area contributed by atoms with Crippen LogP contribution in [-0.4, -0.2) is 24.9 Å². The van der Waals surface area contributed by atoms with Crippen molar-refractivity contribution >= 4 is 29.3 Å². The van der Waals surface area contributed by atoms with Gasteiger partial charge in [-0.1, -0.05) is 17.7 Å². The Bertz CT molecular complexity index is 810. The Morgan fingerprint density at radius 1 is 1.15 bits per heavy atom. The molecule has 138 valence electrons. The molecule has 0 bridgehead atoms. The van der Waals surface area contributed by atoms with Crippen LogP contribution in [0.15, 0.2) is 35.2 Å². The van der Waals surface area contributed by atoms with Gasteiger partial charge in [-0.05, 0) is 54.8 Å². The van der Waals surface area contributed by atoms with Crippen molar-refractivity contribution in [2.24, 2.45) is 0 Å². The first-order chi connectivity index (χ1) is 12.5. The summed E-state index contributed by atoms with van der Waals surface area (Å²) < 4.78 is 11.3. The first kappa shape index (κ1) is 18.9. The minimum Gasteiger partial charge on any atom is -0.489 e. The number of nitrogens with one attached hydrogen (secondary N) is 1. The normalized spacial score (nSPS) is 13.2. The monoisotopic (exact) mass is 391 g/mol. The average molecular weight is 392 g/mol. The summed E-state index contributed by atoms with van der Waals surface area (Å²) in [6, 6.07) is 9.92. The molecule has 0 fully saturated rings. The van der Waals surface area contributed by atoms with Crippen molar-refractivity contribution in [3.8, 4) is 11.5 Å². The maximum absolute atomic E-state index is 12.1. The zero-order valence-electron chi connectivity index (χ0n) is 14.9. The van der Waals surface area contributed by atoms with Crippen molar-refractivity contribution < 1.29 is 14.3 Å². The van der Waals surface area contributed by atoms with Crippen LogP contribution in [0.25, 0.3) is 0 Å². The highest BCUT2D eigenvalue weighted by molar-refractivity contribution is 8.00. The molecule has 0 unspecified atom stereocenters. The van der Waals surface area contributed by atoms with E-state index in [1.54, 1.807) is 0 Å². The third-order valence-electron chi connectivity index (χ3n) is 4.20. The molecule has 2 aromatic rings. The van der Waals surface area contributed by atoms with E-state index in [2.05, 4.69) is 31.3 Å². The van der Waals surface area contributed by atoms with Gasteiger partial charge >= 0.3 is 0 Å². The van der Waals surface area contributed by atoms with E-state index in [1.165, 1.54) is 22.9 Å². The summed E-state index contributed by atoms with van der Waals surface area (Å²) in [5.74, 6) is 1.59. The molecule has 1 aliphatic rings. The van der Waals surface area contributed by atoms with E-state index in [0.717, 1.165) is 16.9 Å². The van der Waals surface area contributed by atoms with Gasteiger partial charge in [0.15, 0.2) is 11.5 Å². The van der Waals surface area contributed by atoms with Gasteiger partial charge in [-0.3, -0.25) is 4.79 Å². The van der Waals surface area contributed by atoms with E-state index < -0.39 is 0 Å². The summed E-state index contributed by atoms with van der Waals surface area (Å²) >= 11 is 7.81. The lowest BCUT2D eigenvalue weighted by molar-refractivity contribution is -0.118. The van der Waals surface area contributed by atoms with Crippen LogP contribution in [0.5, 0.6) is 11.5 Å². The van der Waals surface area contributed by atoms with Gasteiger partial charge in [0.05, 0.1) is 24.0 Å². The van der Waals surface area contributed by atoms with Gasteiger partial charge < -0.3 is 14.8 Å². The molecule has 0 aliphatic carbocycles. The minimum absolute atomic E-state index is 0.0172. The van der Waals surface area contributed by atoms with Gasteiger partial charge in [0, 0.05) is 17.9 Å². The van der Waals surface area contributed by atoms with Crippen molar-refractivity contribution in [1.29, 1.82) is 0 Å². The third kappa shape index (κ3) is 4.86. The summed E-state index contributed by atoms with van der Waals surface area (Å²) in [6.07, 6.45) is 0.826. The second kappa shape index (κ2) is 8.69. The molecule has 0 atom stereocenters. The van der Waals surface area contributed by atoms with E-state index in [1.807, 2.05) is 18.2 Å². The predicted octanol–water partition coefficient (Wildman–Crippen LogP) is 4.53. The van der Waals surface area contributed by atoms with Crippen LogP contribution in [0.1, 0.15) is 23.1 Å². The molecule has 0 saturated carbocycles. The average Bonchev–Trinajstić information content (AvgIpc) is 2.87. The Kier molecular flexibility index (Phi) is 6.33. The number of amides is 1. The number of halogens is 1. The predicted molar refractivity (Wildman–Crippen MR) is 106 cm³/mol. The molecule has 1 amide bonds. The minimum atomic E-state index is -0.0172. The van der Waals surface area contributed by atoms with Gasteiger partial charge in [0.1, 0.15) is 0 Å². The van der Waals surface area contributed by atoms with Crippen molar-refractivity contribution in [3.63, 3.8) is 0 Å². The van der Waals surface area contributed by atoms with Crippen LogP contribution in [0.3, 0.4) is 0 Å². The molecule has 0 radical (unpaired) electrons. The van der Waals surface area contributed by atoms with Crippen molar-refractivity contribution in [3.05, 3.63) is 52.0 Å². The van der Waals surface area contributed by atoms with E-state index in [0.29, 0.717) is 42.0 Å². The molecule has 1 N–H and O–H groups in total. The van der Waals surface area contributed by atoms with Crippen molar-refractivity contribution in [1.82, 2.24) is 5.32 Å². The highest BCUT2D eigenvalue weighted by Crippen LogP contribution is 2.37. The fourth-order valence-electron chi connectivity index (χ4n) is 2.59. The molecule has 0 spiro atoms. The maximum atomic E-state index is 12.1. The SMILES string of the molecule is Cc1ccc(SCC(=O)NCc2cc(Cl)c3c(c2)OCCCO3)cc1C. The van der Waals surface area contributed by atoms with Crippen LogP contribution in [-0.2, 0) is 11.3 Å². The van der Waals surface area contributed by atoms with E-state index >= 15 is 0 Å². The number of fused-ring (bicyclic) bond motifs is 1. The highest BCUT2D eigenvalue weighted by Gasteiger charge is 2.16. The zero-order valence-corrected chi connectivity index (χ0v) is 16.5. The Hall–Kier alpha value is -1.85. The Morgan fingerprint density at radius 2 is 1.96 bits per heavy atom. The van der Waals surface area contributed by atoms with Gasteiger partial charge in [-0.25, -0.2) is 0 Å². The summed E-state index contributed by atoms with van der Waals surface area (Å²) in [6.45, 7) is 5.76. The summed E-state index contributed by atoms with van der Waals surface area (Å²) in [5, 5.41) is 3.44. The second-order valence-corrected chi connectivity index (χ2v) is 7.72. The number of thioether (sulfide) groups is 1. The standard InChI is InChI=1S/C20H22ClNO3S/c1-13-4-5-16(8-14(13)2)26-12-19(23)22-11-15-9-17(21)20-18(10-15)24-6-3-7-25-20/h4-5,8-10H,3,6-7,11-12H2,1-2H3,(H,22,23). The number of rotatable bonds is 5. The van der Waals surface area contributed by atoms with Gasteiger partial charge in [0.25, 0.3) is 0 Å². The molecular formula is C20H22ClNO3S. The molecule has 3 rings (SSSR count). The summed E-state index contributed by atoms with van der Waals surface area (Å²) in [4.78, 5) is 13.2. The van der Waals surface area contributed by atoms with Crippen LogP contribution < -0.4 is 14.8 Å². The van der Waals surface area contributed by atoms with E-state index in [4.69, 9.17) is 21.1 Å². The molecule has 0 aromatic heterocycles. The number of benzene rings is 2. The van der Waals surface area contributed by atoms with E-state index in [9.17, 15) is 4.79 Å². The molecule has 26 heavy (non-hydrogen) atoms. The van der Waals surface area contributed by atoms with Crippen LogP contribution in [0, 0.1) is 13.8 Å². The molecular weight excluding hydrogens is 370 g/mol. The molecule has 4 nitrogen and oxygen atoms in total. The molecule has 0 saturated heterocycles. The van der Waals surface area contributed by atoms with Gasteiger partial charge in [-0.2, -0.15) is 0 Å². The Morgan fingerprint density at radius 3 is 2.77 bits per heavy atom. The molecule has 1 aliphatic heterocycles. The lowest BCUT2D eigenvalue weighted by Gasteiger charge is -2.12. The zero-order chi connectivity index (χ0) is 18.5. The van der Waals surface area contributed by atoms with Gasteiger partial charge in [-0.15, -0.1) is 11.8 Å². The smallest absolute Gasteiger partial charge is 0.230 e. The Labute approximate surface area is 163 Å². The van der Waals surface area contributed by atoms with Crippen LogP contribution in [0.2, 0.25) is 5.02 Å². The lowest BCUT2D eigenvalue weighted by atomic mass is 10.1. The maximum Gasteiger partial charge on any atom is 0.230 e. The molecule has 6 heteroatoms.